The molecule has 5 nitrogen and oxygen atoms in total. The van der Waals surface area contributed by atoms with Crippen molar-refractivity contribution in [3.63, 3.8) is 0 Å². The van der Waals surface area contributed by atoms with Crippen LogP contribution >= 0.6 is 23.4 Å². The van der Waals surface area contributed by atoms with E-state index in [0.29, 0.717) is 19.0 Å². The predicted octanol–water partition coefficient (Wildman–Crippen LogP) is 2.98. The number of hydrogen-bond donors (Lipinski definition) is 0. The Labute approximate surface area is 132 Å². The number of fused-ring (bicyclic) bond motifs is 1. The second-order valence-corrected chi connectivity index (χ2v) is 6.15. The van der Waals surface area contributed by atoms with E-state index >= 15 is 0 Å². The van der Waals surface area contributed by atoms with E-state index in [0.717, 1.165) is 41.0 Å². The highest BCUT2D eigenvalue weighted by Crippen LogP contribution is 2.26. The fourth-order valence-electron chi connectivity index (χ4n) is 2.29. The molecule has 21 heavy (non-hydrogen) atoms. The van der Waals surface area contributed by atoms with Crippen LogP contribution in [0.25, 0.3) is 0 Å². The van der Waals surface area contributed by atoms with Crippen LogP contribution in [0.5, 0.6) is 5.75 Å². The zero-order chi connectivity index (χ0) is 14.7. The summed E-state index contributed by atoms with van der Waals surface area (Å²) in [6.07, 6.45) is 2.02. The molecule has 0 amide bonds. The Morgan fingerprint density at radius 1 is 1.43 bits per heavy atom. The standard InChI is InChI=1S/C14H16ClN3O2S/c1-21-9-13-16-14(20-17-13)8-18-4-5-19-12-3-2-11(15)6-10(12)7-18/h2-3,6H,4-5,7-9H2,1H3. The maximum absolute atomic E-state index is 6.06. The summed E-state index contributed by atoms with van der Waals surface area (Å²) < 4.78 is 11.0. The van der Waals surface area contributed by atoms with E-state index in [9.17, 15) is 0 Å². The third-order valence-corrected chi connectivity index (χ3v) is 4.01. The summed E-state index contributed by atoms with van der Waals surface area (Å²) in [5, 5.41) is 4.69. The molecule has 112 valence electrons. The maximum Gasteiger partial charge on any atom is 0.240 e. The average Bonchev–Trinajstić information content (AvgIpc) is 2.79. The molecule has 0 fully saturated rings. The molecular weight excluding hydrogens is 310 g/mol. The van der Waals surface area contributed by atoms with E-state index < -0.39 is 0 Å². The fraction of sp³-hybridized carbons (Fsp3) is 0.429. The molecule has 1 aromatic carbocycles. The van der Waals surface area contributed by atoms with Gasteiger partial charge in [0.2, 0.25) is 5.89 Å². The van der Waals surface area contributed by atoms with Crippen LogP contribution in [0.1, 0.15) is 17.3 Å². The molecule has 2 aromatic rings. The Bertz CT molecular complexity index is 620. The van der Waals surface area contributed by atoms with E-state index in [1.165, 1.54) is 0 Å². The molecule has 7 heteroatoms. The zero-order valence-corrected chi connectivity index (χ0v) is 13.3. The Balaban J connectivity index is 1.71. The van der Waals surface area contributed by atoms with Crippen molar-refractivity contribution in [2.45, 2.75) is 18.8 Å². The van der Waals surface area contributed by atoms with E-state index in [1.54, 1.807) is 11.8 Å². The van der Waals surface area contributed by atoms with Crippen molar-refractivity contribution >= 4 is 23.4 Å². The van der Waals surface area contributed by atoms with E-state index in [4.69, 9.17) is 20.9 Å². The quantitative estimate of drug-likeness (QED) is 0.861. The van der Waals surface area contributed by atoms with E-state index in [1.807, 2.05) is 24.5 Å². The van der Waals surface area contributed by atoms with Crippen LogP contribution in [0, 0.1) is 0 Å². The van der Waals surface area contributed by atoms with Gasteiger partial charge in [0.15, 0.2) is 5.82 Å². The van der Waals surface area contributed by atoms with Gasteiger partial charge < -0.3 is 9.26 Å². The van der Waals surface area contributed by atoms with Crippen LogP contribution < -0.4 is 4.74 Å². The van der Waals surface area contributed by atoms with Gasteiger partial charge in [-0.2, -0.15) is 16.7 Å². The highest BCUT2D eigenvalue weighted by atomic mass is 35.5. The summed E-state index contributed by atoms with van der Waals surface area (Å²) in [5.41, 5.74) is 1.09. The normalized spacial score (nSPS) is 15.3. The van der Waals surface area contributed by atoms with Gasteiger partial charge in [-0.25, -0.2) is 0 Å². The smallest absolute Gasteiger partial charge is 0.240 e. The summed E-state index contributed by atoms with van der Waals surface area (Å²) in [4.78, 5) is 6.61. The summed E-state index contributed by atoms with van der Waals surface area (Å²) in [6.45, 7) is 2.83. The van der Waals surface area contributed by atoms with Crippen molar-refractivity contribution in [1.29, 1.82) is 0 Å². The minimum atomic E-state index is 0.622. The van der Waals surface area contributed by atoms with Crippen LogP contribution in [0.3, 0.4) is 0 Å². The van der Waals surface area contributed by atoms with Crippen molar-refractivity contribution < 1.29 is 9.26 Å². The Hall–Kier alpha value is -1.24. The highest BCUT2D eigenvalue weighted by molar-refractivity contribution is 7.97. The Morgan fingerprint density at radius 2 is 2.33 bits per heavy atom. The number of aromatic nitrogens is 2. The van der Waals surface area contributed by atoms with Gasteiger partial charge in [-0.1, -0.05) is 16.8 Å². The number of hydrogen-bond acceptors (Lipinski definition) is 6. The molecule has 0 bridgehead atoms. The number of benzene rings is 1. The van der Waals surface area contributed by atoms with Crippen molar-refractivity contribution in [3.05, 3.63) is 40.5 Å². The van der Waals surface area contributed by atoms with Gasteiger partial charge in [0.1, 0.15) is 12.4 Å². The summed E-state index contributed by atoms with van der Waals surface area (Å²) in [7, 11) is 0. The molecule has 1 aromatic heterocycles. The summed E-state index contributed by atoms with van der Waals surface area (Å²) >= 11 is 7.74. The Morgan fingerprint density at radius 3 is 3.19 bits per heavy atom. The van der Waals surface area contributed by atoms with Crippen molar-refractivity contribution in [2.24, 2.45) is 0 Å². The molecule has 0 spiro atoms. The zero-order valence-electron chi connectivity index (χ0n) is 11.7. The van der Waals surface area contributed by atoms with Gasteiger partial charge in [0.05, 0.1) is 12.3 Å². The second-order valence-electron chi connectivity index (χ2n) is 4.85. The maximum atomic E-state index is 6.06. The van der Waals surface area contributed by atoms with E-state index in [-0.39, 0.29) is 0 Å². The highest BCUT2D eigenvalue weighted by Gasteiger charge is 2.18. The first-order valence-electron chi connectivity index (χ1n) is 6.68. The van der Waals surface area contributed by atoms with Gasteiger partial charge in [-0.3, -0.25) is 4.90 Å². The van der Waals surface area contributed by atoms with Crippen molar-refractivity contribution in [3.8, 4) is 5.75 Å². The van der Waals surface area contributed by atoms with Gasteiger partial charge >= 0.3 is 0 Å². The number of halogens is 1. The summed E-state index contributed by atoms with van der Waals surface area (Å²) in [5.74, 6) is 3.05. The van der Waals surface area contributed by atoms with Gasteiger partial charge in [-0.15, -0.1) is 0 Å². The lowest BCUT2D eigenvalue weighted by atomic mass is 10.2. The third kappa shape index (κ3) is 3.70. The molecule has 0 aliphatic carbocycles. The molecule has 3 rings (SSSR count). The summed E-state index contributed by atoms with van der Waals surface area (Å²) in [6, 6.07) is 5.72. The first kappa shape index (κ1) is 14.7. The fourth-order valence-corrected chi connectivity index (χ4v) is 2.86. The molecule has 0 saturated carbocycles. The number of rotatable bonds is 4. The van der Waals surface area contributed by atoms with Crippen LogP contribution in [0.4, 0.5) is 0 Å². The largest absolute Gasteiger partial charge is 0.492 e. The molecule has 0 saturated heterocycles. The molecule has 0 N–H and O–H groups in total. The van der Waals surface area contributed by atoms with Crippen LogP contribution in [0.15, 0.2) is 22.7 Å². The molecule has 0 unspecified atom stereocenters. The molecule has 0 radical (unpaired) electrons. The SMILES string of the molecule is CSCc1noc(CN2CCOc3ccc(Cl)cc3C2)n1. The van der Waals surface area contributed by atoms with Gasteiger partial charge in [0, 0.05) is 23.7 Å². The monoisotopic (exact) mass is 325 g/mol. The number of ether oxygens (including phenoxy) is 1. The van der Waals surface area contributed by atoms with Crippen molar-refractivity contribution in [2.75, 3.05) is 19.4 Å². The second kappa shape index (κ2) is 6.68. The van der Waals surface area contributed by atoms with Crippen LogP contribution in [-0.2, 0) is 18.8 Å². The van der Waals surface area contributed by atoms with Gasteiger partial charge in [0.25, 0.3) is 0 Å². The average molecular weight is 326 g/mol. The number of nitrogens with zero attached hydrogens (tertiary/aromatic N) is 3. The van der Waals surface area contributed by atoms with E-state index in [2.05, 4.69) is 15.0 Å². The Kier molecular flexibility index (Phi) is 4.67. The van der Waals surface area contributed by atoms with Crippen LogP contribution in [0.2, 0.25) is 5.02 Å². The minimum absolute atomic E-state index is 0.622. The lowest BCUT2D eigenvalue weighted by Crippen LogP contribution is -2.25. The van der Waals surface area contributed by atoms with Crippen LogP contribution in [-0.4, -0.2) is 34.4 Å². The first-order chi connectivity index (χ1) is 10.2. The number of thioether (sulfide) groups is 1. The minimum Gasteiger partial charge on any atom is -0.492 e. The molecule has 2 heterocycles. The van der Waals surface area contributed by atoms with Crippen molar-refractivity contribution in [1.82, 2.24) is 15.0 Å². The molecular formula is C14H16ClN3O2S. The topological polar surface area (TPSA) is 51.4 Å². The third-order valence-electron chi connectivity index (χ3n) is 3.22. The molecule has 1 aliphatic rings. The lowest BCUT2D eigenvalue weighted by molar-refractivity contribution is 0.196. The lowest BCUT2D eigenvalue weighted by Gasteiger charge is -2.16. The van der Waals surface area contributed by atoms with Gasteiger partial charge in [-0.05, 0) is 24.5 Å². The predicted molar refractivity (Wildman–Crippen MR) is 82.6 cm³/mol. The molecule has 1 aliphatic heterocycles. The molecule has 0 atom stereocenters. The first-order valence-corrected chi connectivity index (χ1v) is 8.46.